The molecule has 0 radical (unpaired) electrons. The Hall–Kier alpha value is -1.56. The molecule has 0 fully saturated rings. The third-order valence-corrected chi connectivity index (χ3v) is 7.34. The predicted molar refractivity (Wildman–Crippen MR) is 99.3 cm³/mol. The molecule has 1 heterocycles. The van der Waals surface area contributed by atoms with E-state index in [2.05, 4.69) is 16.9 Å². The van der Waals surface area contributed by atoms with Crippen molar-refractivity contribution in [1.29, 1.82) is 0 Å². The monoisotopic (exact) mass is 357 g/mol. The molecule has 1 atom stereocenters. The summed E-state index contributed by atoms with van der Waals surface area (Å²) in [6.45, 7) is 0. The molecule has 0 saturated carbocycles. The summed E-state index contributed by atoms with van der Waals surface area (Å²) in [6.07, 6.45) is 3.99. The average Bonchev–Trinajstić information content (AvgIpc) is 2.61. The van der Waals surface area contributed by atoms with Crippen molar-refractivity contribution in [1.82, 2.24) is 4.72 Å². The molecule has 1 unspecified atom stereocenters. The molecule has 0 saturated heterocycles. The first-order valence-corrected chi connectivity index (χ1v) is 10.6. The number of allylic oxidation sites excluding steroid dienone is 1. The molecule has 0 amide bonds. The summed E-state index contributed by atoms with van der Waals surface area (Å²) >= 11 is 1.80. The van der Waals surface area contributed by atoms with Crippen molar-refractivity contribution in [3.8, 4) is 0 Å². The van der Waals surface area contributed by atoms with E-state index in [9.17, 15) is 8.42 Å². The van der Waals surface area contributed by atoms with Crippen molar-refractivity contribution in [3.63, 3.8) is 0 Å². The first-order chi connectivity index (χ1) is 11.6. The van der Waals surface area contributed by atoms with E-state index in [1.165, 1.54) is 10.5 Å². The van der Waals surface area contributed by atoms with E-state index in [1.807, 2.05) is 42.5 Å². The van der Waals surface area contributed by atoms with Gasteiger partial charge >= 0.3 is 0 Å². The van der Waals surface area contributed by atoms with Crippen LogP contribution in [0.1, 0.15) is 35.6 Å². The van der Waals surface area contributed by atoms with Crippen LogP contribution in [0.15, 0.2) is 58.3 Å². The highest BCUT2D eigenvalue weighted by Gasteiger charge is 2.28. The van der Waals surface area contributed by atoms with Gasteiger partial charge in [0.25, 0.3) is 0 Å². The van der Waals surface area contributed by atoms with Crippen molar-refractivity contribution < 1.29 is 8.42 Å². The Morgan fingerprint density at radius 1 is 1.00 bits per heavy atom. The molecule has 1 aliphatic heterocycles. The summed E-state index contributed by atoms with van der Waals surface area (Å²) in [4.78, 5) is 1.68. The van der Waals surface area contributed by atoms with E-state index in [1.54, 1.807) is 11.8 Å². The van der Waals surface area contributed by atoms with Gasteiger partial charge in [0, 0.05) is 10.9 Å². The van der Waals surface area contributed by atoms with Gasteiger partial charge in [0.1, 0.15) is 0 Å². The van der Waals surface area contributed by atoms with Gasteiger partial charge in [-0.15, -0.1) is 11.8 Å². The third-order valence-electron chi connectivity index (χ3n) is 4.61. The lowest BCUT2D eigenvalue weighted by molar-refractivity contribution is 0.550. The SMILES string of the molecule is O=S(=O)(NC1CCSc2ccccc21)C1=Cc2ccccc2CC1. The van der Waals surface area contributed by atoms with Gasteiger partial charge in [-0.1, -0.05) is 42.5 Å². The maximum Gasteiger partial charge on any atom is 0.237 e. The molecule has 124 valence electrons. The predicted octanol–water partition coefficient (Wildman–Crippen LogP) is 4.13. The second-order valence-electron chi connectivity index (χ2n) is 6.16. The van der Waals surface area contributed by atoms with Gasteiger partial charge in [0.2, 0.25) is 10.0 Å². The lowest BCUT2D eigenvalue weighted by atomic mass is 9.98. The van der Waals surface area contributed by atoms with Crippen LogP contribution < -0.4 is 4.72 Å². The van der Waals surface area contributed by atoms with Gasteiger partial charge in [-0.3, -0.25) is 0 Å². The fraction of sp³-hybridized carbons (Fsp3) is 0.263. The summed E-state index contributed by atoms with van der Waals surface area (Å²) in [5, 5.41) is 0. The minimum atomic E-state index is -3.47. The number of aryl methyl sites for hydroxylation is 1. The van der Waals surface area contributed by atoms with E-state index in [-0.39, 0.29) is 6.04 Å². The van der Waals surface area contributed by atoms with Crippen molar-refractivity contribution in [2.45, 2.75) is 30.2 Å². The first-order valence-electron chi connectivity index (χ1n) is 8.16. The zero-order valence-corrected chi connectivity index (χ0v) is 14.9. The molecular formula is C19H19NO2S2. The van der Waals surface area contributed by atoms with E-state index in [0.29, 0.717) is 11.3 Å². The molecule has 1 N–H and O–H groups in total. The van der Waals surface area contributed by atoms with Crippen LogP contribution in [0.2, 0.25) is 0 Å². The van der Waals surface area contributed by atoms with Crippen LogP contribution in [0, 0.1) is 0 Å². The quantitative estimate of drug-likeness (QED) is 0.898. The van der Waals surface area contributed by atoms with Crippen LogP contribution in [0.3, 0.4) is 0 Å². The molecule has 2 aromatic carbocycles. The Labute approximate surface area is 147 Å². The highest BCUT2D eigenvalue weighted by Crippen LogP contribution is 2.37. The maximum absolute atomic E-state index is 12.9. The number of thioether (sulfide) groups is 1. The van der Waals surface area contributed by atoms with E-state index in [0.717, 1.165) is 29.7 Å². The molecule has 4 rings (SSSR count). The van der Waals surface area contributed by atoms with Crippen LogP contribution in [-0.4, -0.2) is 14.2 Å². The number of sulfonamides is 1. The number of benzene rings is 2. The number of nitrogens with one attached hydrogen (secondary N) is 1. The van der Waals surface area contributed by atoms with Gasteiger partial charge in [-0.2, -0.15) is 0 Å². The highest BCUT2D eigenvalue weighted by atomic mass is 32.2. The minimum absolute atomic E-state index is 0.134. The minimum Gasteiger partial charge on any atom is -0.207 e. The van der Waals surface area contributed by atoms with E-state index >= 15 is 0 Å². The molecule has 3 nitrogen and oxygen atoms in total. The highest BCUT2D eigenvalue weighted by molar-refractivity contribution is 7.99. The number of hydrogen-bond donors (Lipinski definition) is 1. The fourth-order valence-corrected chi connectivity index (χ4v) is 5.89. The van der Waals surface area contributed by atoms with Crippen LogP contribution in [0.25, 0.3) is 6.08 Å². The Morgan fingerprint density at radius 2 is 1.79 bits per heavy atom. The van der Waals surface area contributed by atoms with Gasteiger partial charge in [0.05, 0.1) is 4.91 Å². The maximum atomic E-state index is 12.9. The van der Waals surface area contributed by atoms with Gasteiger partial charge in [-0.05, 0) is 53.8 Å². The van der Waals surface area contributed by atoms with Gasteiger partial charge in [0.15, 0.2) is 0 Å². The summed E-state index contributed by atoms with van der Waals surface area (Å²) in [5.41, 5.74) is 3.33. The lowest BCUT2D eigenvalue weighted by Crippen LogP contribution is -2.32. The molecule has 1 aliphatic carbocycles. The van der Waals surface area contributed by atoms with Crippen LogP contribution in [0.4, 0.5) is 0 Å². The molecule has 0 bridgehead atoms. The van der Waals surface area contributed by atoms with Gasteiger partial charge < -0.3 is 0 Å². The normalized spacial score (nSPS) is 20.0. The summed E-state index contributed by atoms with van der Waals surface area (Å²) < 4.78 is 28.7. The second kappa shape index (κ2) is 6.39. The largest absolute Gasteiger partial charge is 0.237 e. The second-order valence-corrected chi connectivity index (χ2v) is 9.06. The van der Waals surface area contributed by atoms with Gasteiger partial charge in [-0.25, -0.2) is 13.1 Å². The number of fused-ring (bicyclic) bond motifs is 2. The number of rotatable bonds is 3. The lowest BCUT2D eigenvalue weighted by Gasteiger charge is -2.27. The summed E-state index contributed by atoms with van der Waals surface area (Å²) in [5.74, 6) is 0.937. The van der Waals surface area contributed by atoms with Crippen molar-refractivity contribution in [2.75, 3.05) is 5.75 Å². The van der Waals surface area contributed by atoms with Crippen LogP contribution in [0.5, 0.6) is 0 Å². The topological polar surface area (TPSA) is 46.2 Å². The average molecular weight is 358 g/mol. The van der Waals surface area contributed by atoms with Crippen LogP contribution in [-0.2, 0) is 16.4 Å². The standard InChI is InChI=1S/C19H19NO2S2/c21-24(22,16-10-9-14-5-1-2-6-15(14)13-16)20-18-11-12-23-19-8-4-3-7-17(18)19/h1-8,13,18,20H,9-12H2. The molecule has 5 heteroatoms. The Kier molecular flexibility index (Phi) is 4.24. The molecule has 2 aliphatic rings. The van der Waals surface area contributed by atoms with E-state index in [4.69, 9.17) is 0 Å². The van der Waals surface area contributed by atoms with Crippen molar-refractivity contribution >= 4 is 27.9 Å². The Bertz CT molecular complexity index is 903. The third kappa shape index (κ3) is 3.04. The Balaban J connectivity index is 1.63. The van der Waals surface area contributed by atoms with E-state index < -0.39 is 10.0 Å². The molecule has 0 spiro atoms. The zero-order valence-electron chi connectivity index (χ0n) is 13.2. The molecule has 0 aromatic heterocycles. The molecule has 24 heavy (non-hydrogen) atoms. The fourth-order valence-electron chi connectivity index (χ4n) is 3.35. The van der Waals surface area contributed by atoms with Crippen molar-refractivity contribution in [3.05, 3.63) is 70.1 Å². The summed E-state index contributed by atoms with van der Waals surface area (Å²) in [7, 11) is -3.47. The number of hydrogen-bond acceptors (Lipinski definition) is 3. The Morgan fingerprint density at radius 3 is 2.71 bits per heavy atom. The van der Waals surface area contributed by atoms with Crippen LogP contribution >= 0.6 is 11.8 Å². The zero-order chi connectivity index (χ0) is 16.6. The molecule has 2 aromatic rings. The van der Waals surface area contributed by atoms with Crippen molar-refractivity contribution in [2.24, 2.45) is 0 Å². The molecular weight excluding hydrogens is 338 g/mol. The summed E-state index contributed by atoms with van der Waals surface area (Å²) in [6, 6.07) is 15.9. The first kappa shape index (κ1) is 15.9. The smallest absolute Gasteiger partial charge is 0.207 e.